The maximum atomic E-state index is 13.8. The topological polar surface area (TPSA) is 23.6 Å². The number of carbonyl (C=O) groups excluding carboxylic acids is 1. The Morgan fingerprint density at radius 3 is 2.55 bits per heavy atom. The fourth-order valence-electron chi connectivity index (χ4n) is 3.06. The van der Waals surface area contributed by atoms with Crippen molar-refractivity contribution in [2.24, 2.45) is 5.92 Å². The summed E-state index contributed by atoms with van der Waals surface area (Å²) in [5, 5.41) is 0. The zero-order chi connectivity index (χ0) is 16.1. The minimum atomic E-state index is -0.288. The maximum absolute atomic E-state index is 13.8. The van der Waals surface area contributed by atoms with Crippen LogP contribution in [0.4, 0.5) is 4.39 Å². The van der Waals surface area contributed by atoms with Crippen molar-refractivity contribution in [1.29, 1.82) is 0 Å². The first-order valence-corrected chi connectivity index (χ1v) is 8.18. The van der Waals surface area contributed by atoms with Crippen molar-refractivity contribution in [3.8, 4) is 0 Å². The number of amides is 1. The van der Waals surface area contributed by atoms with Gasteiger partial charge in [0.25, 0.3) is 0 Å². The molecule has 3 nitrogen and oxygen atoms in total. The minimum Gasteiger partial charge on any atom is -0.339 e. The van der Waals surface area contributed by atoms with Crippen molar-refractivity contribution >= 4 is 5.91 Å². The van der Waals surface area contributed by atoms with Crippen molar-refractivity contribution in [1.82, 2.24) is 9.80 Å². The first-order chi connectivity index (χ1) is 10.5. The molecule has 0 N–H and O–H groups in total. The summed E-state index contributed by atoms with van der Waals surface area (Å²) in [5.41, 5.74) is 0.495. The number of benzene rings is 1. The molecule has 1 heterocycles. The molecule has 1 aliphatic rings. The number of halogens is 1. The van der Waals surface area contributed by atoms with Gasteiger partial charge in [0.15, 0.2) is 0 Å². The lowest BCUT2D eigenvalue weighted by atomic mass is 10.0. The molecule has 122 valence electrons. The van der Waals surface area contributed by atoms with Crippen LogP contribution in [0.25, 0.3) is 0 Å². The third-order valence-corrected chi connectivity index (χ3v) is 4.31. The van der Waals surface area contributed by atoms with Gasteiger partial charge in [-0.25, -0.2) is 4.39 Å². The summed E-state index contributed by atoms with van der Waals surface area (Å²) < 4.78 is 13.8. The predicted octanol–water partition coefficient (Wildman–Crippen LogP) is 2.95. The van der Waals surface area contributed by atoms with E-state index in [1.807, 2.05) is 4.90 Å². The molecule has 1 fully saturated rings. The zero-order valence-corrected chi connectivity index (χ0v) is 13.9. The Labute approximate surface area is 133 Å². The molecule has 4 heteroatoms. The first kappa shape index (κ1) is 16.9. The Balaban J connectivity index is 2.07. The fourth-order valence-corrected chi connectivity index (χ4v) is 3.06. The summed E-state index contributed by atoms with van der Waals surface area (Å²) in [6.45, 7) is 7.04. The summed E-state index contributed by atoms with van der Waals surface area (Å²) in [7, 11) is 2.12. The van der Waals surface area contributed by atoms with E-state index >= 15 is 0 Å². The average molecular weight is 306 g/mol. The molecule has 1 aromatic rings. The summed E-state index contributed by atoms with van der Waals surface area (Å²) in [6.07, 6.45) is 2.17. The second-order valence-electron chi connectivity index (χ2n) is 6.74. The molecular formula is C18H27FN2O. The molecule has 0 radical (unpaired) electrons. The molecule has 1 aromatic carbocycles. The number of piperidine rings is 1. The van der Waals surface area contributed by atoms with Crippen LogP contribution in [0.5, 0.6) is 0 Å². The highest BCUT2D eigenvalue weighted by atomic mass is 19.1. The standard InChI is InChI=1S/C18H27FN2O/c1-14(2)13-21(16-8-10-20(3)11-9-16)18(22)12-15-6-4-5-7-17(15)19/h4-7,14,16H,8-13H2,1-3H3. The van der Waals surface area contributed by atoms with E-state index in [2.05, 4.69) is 25.8 Å². The largest absolute Gasteiger partial charge is 0.339 e. The van der Waals surface area contributed by atoms with Crippen LogP contribution in [0.2, 0.25) is 0 Å². The van der Waals surface area contributed by atoms with Gasteiger partial charge in [-0.1, -0.05) is 32.0 Å². The van der Waals surface area contributed by atoms with Crippen LogP contribution in [-0.2, 0) is 11.2 Å². The van der Waals surface area contributed by atoms with Crippen molar-refractivity contribution in [2.75, 3.05) is 26.7 Å². The van der Waals surface area contributed by atoms with E-state index in [1.165, 1.54) is 6.07 Å². The van der Waals surface area contributed by atoms with E-state index in [0.29, 0.717) is 11.5 Å². The van der Waals surface area contributed by atoms with Gasteiger partial charge < -0.3 is 9.80 Å². The Bertz CT molecular complexity index is 496. The van der Waals surface area contributed by atoms with Gasteiger partial charge >= 0.3 is 0 Å². The highest BCUT2D eigenvalue weighted by Crippen LogP contribution is 2.19. The molecular weight excluding hydrogens is 279 g/mol. The normalized spacial score (nSPS) is 17.0. The lowest BCUT2D eigenvalue weighted by Crippen LogP contribution is -2.48. The van der Waals surface area contributed by atoms with Crippen molar-refractivity contribution in [2.45, 2.75) is 39.2 Å². The van der Waals surface area contributed by atoms with Crippen molar-refractivity contribution < 1.29 is 9.18 Å². The SMILES string of the molecule is CC(C)CN(C(=O)Cc1ccccc1F)C1CCN(C)CC1. The highest BCUT2D eigenvalue weighted by molar-refractivity contribution is 5.79. The molecule has 2 rings (SSSR count). The van der Waals surface area contributed by atoms with E-state index in [9.17, 15) is 9.18 Å². The summed E-state index contributed by atoms with van der Waals surface area (Å²) >= 11 is 0. The molecule has 0 atom stereocenters. The number of nitrogens with zero attached hydrogens (tertiary/aromatic N) is 2. The van der Waals surface area contributed by atoms with Crippen LogP contribution in [0, 0.1) is 11.7 Å². The zero-order valence-electron chi connectivity index (χ0n) is 13.9. The van der Waals surface area contributed by atoms with Crippen molar-refractivity contribution in [3.05, 3.63) is 35.6 Å². The third-order valence-electron chi connectivity index (χ3n) is 4.31. The second-order valence-corrected chi connectivity index (χ2v) is 6.74. The molecule has 0 unspecified atom stereocenters. The highest BCUT2D eigenvalue weighted by Gasteiger charge is 2.27. The Morgan fingerprint density at radius 1 is 1.32 bits per heavy atom. The van der Waals surface area contributed by atoms with Gasteiger partial charge in [0, 0.05) is 12.6 Å². The van der Waals surface area contributed by atoms with Gasteiger partial charge in [-0.2, -0.15) is 0 Å². The third kappa shape index (κ3) is 4.54. The first-order valence-electron chi connectivity index (χ1n) is 8.18. The Hall–Kier alpha value is -1.42. The Kier molecular flexibility index (Phi) is 5.95. The number of hydrogen-bond acceptors (Lipinski definition) is 2. The molecule has 22 heavy (non-hydrogen) atoms. The molecule has 1 amide bonds. The molecule has 0 spiro atoms. The fraction of sp³-hybridized carbons (Fsp3) is 0.611. The lowest BCUT2D eigenvalue weighted by molar-refractivity contribution is -0.134. The van der Waals surface area contributed by atoms with Crippen LogP contribution in [0.15, 0.2) is 24.3 Å². The van der Waals surface area contributed by atoms with E-state index in [1.54, 1.807) is 18.2 Å². The Morgan fingerprint density at radius 2 is 1.95 bits per heavy atom. The summed E-state index contributed by atoms with van der Waals surface area (Å²) in [4.78, 5) is 17.0. The monoisotopic (exact) mass is 306 g/mol. The predicted molar refractivity (Wildman–Crippen MR) is 87.2 cm³/mol. The van der Waals surface area contributed by atoms with E-state index in [0.717, 1.165) is 32.5 Å². The number of carbonyl (C=O) groups is 1. The minimum absolute atomic E-state index is 0.0494. The van der Waals surface area contributed by atoms with E-state index in [-0.39, 0.29) is 24.2 Å². The number of hydrogen-bond donors (Lipinski definition) is 0. The van der Waals surface area contributed by atoms with Gasteiger partial charge in [-0.3, -0.25) is 4.79 Å². The van der Waals surface area contributed by atoms with E-state index < -0.39 is 0 Å². The average Bonchev–Trinajstić information content (AvgIpc) is 2.48. The number of rotatable bonds is 5. The molecule has 0 aromatic heterocycles. The lowest BCUT2D eigenvalue weighted by Gasteiger charge is -2.38. The molecule has 1 aliphatic heterocycles. The van der Waals surface area contributed by atoms with Crippen LogP contribution < -0.4 is 0 Å². The van der Waals surface area contributed by atoms with Gasteiger partial charge in [0.2, 0.25) is 5.91 Å². The molecule has 0 saturated carbocycles. The molecule has 1 saturated heterocycles. The van der Waals surface area contributed by atoms with E-state index in [4.69, 9.17) is 0 Å². The van der Waals surface area contributed by atoms with Crippen LogP contribution in [0.1, 0.15) is 32.3 Å². The summed E-state index contributed by atoms with van der Waals surface area (Å²) in [6, 6.07) is 6.86. The van der Waals surface area contributed by atoms with Gasteiger partial charge in [-0.05, 0) is 50.5 Å². The summed E-state index contributed by atoms with van der Waals surface area (Å²) in [5.74, 6) is 0.182. The van der Waals surface area contributed by atoms with Gasteiger partial charge in [0.05, 0.1) is 6.42 Å². The van der Waals surface area contributed by atoms with Crippen LogP contribution in [-0.4, -0.2) is 48.4 Å². The molecule has 0 aliphatic carbocycles. The van der Waals surface area contributed by atoms with Crippen molar-refractivity contribution in [3.63, 3.8) is 0 Å². The van der Waals surface area contributed by atoms with Gasteiger partial charge in [0.1, 0.15) is 5.82 Å². The molecule has 0 bridgehead atoms. The van der Waals surface area contributed by atoms with Crippen LogP contribution >= 0.6 is 0 Å². The quantitative estimate of drug-likeness (QED) is 0.835. The number of likely N-dealkylation sites (tertiary alicyclic amines) is 1. The van der Waals surface area contributed by atoms with Crippen LogP contribution in [0.3, 0.4) is 0 Å². The maximum Gasteiger partial charge on any atom is 0.227 e. The second kappa shape index (κ2) is 7.73. The van der Waals surface area contributed by atoms with Gasteiger partial charge in [-0.15, -0.1) is 0 Å². The smallest absolute Gasteiger partial charge is 0.227 e.